The number of nitrogens with two attached hydrogens (primary N) is 2. The van der Waals surface area contributed by atoms with Gasteiger partial charge in [-0.25, -0.2) is 9.97 Å². The topological polar surface area (TPSA) is 130 Å². The van der Waals surface area contributed by atoms with Crippen LogP contribution in [0.25, 0.3) is 11.3 Å². The second-order valence-electron chi connectivity index (χ2n) is 4.87. The van der Waals surface area contributed by atoms with Gasteiger partial charge >= 0.3 is 0 Å². The highest BCUT2D eigenvalue weighted by Gasteiger charge is 2.14. The predicted molar refractivity (Wildman–Crippen MR) is 83.1 cm³/mol. The van der Waals surface area contributed by atoms with E-state index in [0.717, 1.165) is 0 Å². The minimum absolute atomic E-state index is 0.0726. The lowest BCUT2D eigenvalue weighted by Crippen LogP contribution is -2.48. The van der Waals surface area contributed by atoms with Crippen molar-refractivity contribution in [3.8, 4) is 17.0 Å². The fraction of sp³-hybridized carbons (Fsp3) is 0.214. The highest BCUT2D eigenvalue weighted by atomic mass is 16.3. The number of hydrogen-bond donors (Lipinski definition) is 4. The van der Waals surface area contributed by atoms with Crippen molar-refractivity contribution in [1.82, 2.24) is 15.3 Å². The van der Waals surface area contributed by atoms with Crippen LogP contribution in [0.5, 0.6) is 5.75 Å². The molecule has 0 aliphatic rings. The van der Waals surface area contributed by atoms with Crippen LogP contribution in [0, 0.1) is 0 Å². The van der Waals surface area contributed by atoms with E-state index in [4.69, 9.17) is 11.5 Å². The van der Waals surface area contributed by atoms with Crippen LogP contribution in [0.2, 0.25) is 0 Å². The second kappa shape index (κ2) is 6.37. The smallest absolute Gasteiger partial charge is 0.257 e. The molecule has 6 N–H and O–H groups in total. The number of aromatic hydroxyl groups is 1. The zero-order valence-corrected chi connectivity index (χ0v) is 12.3. The molecule has 22 heavy (non-hydrogen) atoms. The molecule has 1 aromatic carbocycles. The Kier molecular flexibility index (Phi) is 4.54. The first-order valence-electron chi connectivity index (χ1n) is 6.54. The molecule has 1 heterocycles. The summed E-state index contributed by atoms with van der Waals surface area (Å²) in [5, 5.41) is 12.1. The largest absolute Gasteiger partial charge is 0.507 e. The van der Waals surface area contributed by atoms with Crippen molar-refractivity contribution in [1.29, 1.82) is 0 Å². The Morgan fingerprint density at radius 3 is 2.68 bits per heavy atom. The van der Waals surface area contributed by atoms with E-state index in [1.807, 2.05) is 14.1 Å². The zero-order valence-electron chi connectivity index (χ0n) is 12.3. The summed E-state index contributed by atoms with van der Waals surface area (Å²) in [5.41, 5.74) is 12.0. The fourth-order valence-corrected chi connectivity index (χ4v) is 1.83. The lowest BCUT2D eigenvalue weighted by Gasteiger charge is -2.12. The standard InChI is InChI=1S/C14H18N6O2/c1-20(2)14-17-6-5-10(18-14)8-3-4-11(21)9(7-8)12(22)19-13(15)16/h3-7,13,21H,15-16H2,1-2H3,(H,19,22). The maximum atomic E-state index is 12.0. The van der Waals surface area contributed by atoms with Crippen LogP contribution in [0.15, 0.2) is 30.5 Å². The molecule has 0 saturated heterocycles. The van der Waals surface area contributed by atoms with Crippen LogP contribution in [-0.2, 0) is 0 Å². The molecule has 0 bridgehead atoms. The average Bonchev–Trinajstić information content (AvgIpc) is 2.47. The lowest BCUT2D eigenvalue weighted by atomic mass is 10.1. The van der Waals surface area contributed by atoms with Gasteiger partial charge in [-0.2, -0.15) is 0 Å². The van der Waals surface area contributed by atoms with Gasteiger partial charge in [0.05, 0.1) is 11.3 Å². The molecule has 0 atom stereocenters. The third-order valence-corrected chi connectivity index (χ3v) is 2.88. The number of nitrogens with one attached hydrogen (secondary N) is 1. The number of phenolic OH excluding ortho intramolecular Hbond substituents is 1. The van der Waals surface area contributed by atoms with Crippen LogP contribution in [0.1, 0.15) is 10.4 Å². The predicted octanol–water partition coefficient (Wildman–Crippen LogP) is -0.154. The molecule has 0 radical (unpaired) electrons. The van der Waals surface area contributed by atoms with E-state index >= 15 is 0 Å². The highest BCUT2D eigenvalue weighted by molar-refractivity contribution is 5.98. The third kappa shape index (κ3) is 3.48. The van der Waals surface area contributed by atoms with Crippen molar-refractivity contribution >= 4 is 11.9 Å². The number of hydrogen-bond acceptors (Lipinski definition) is 7. The Morgan fingerprint density at radius 2 is 2.05 bits per heavy atom. The molecule has 0 aliphatic heterocycles. The summed E-state index contributed by atoms with van der Waals surface area (Å²) in [5.74, 6) is -0.180. The van der Waals surface area contributed by atoms with Gasteiger partial charge in [0.1, 0.15) is 12.0 Å². The summed E-state index contributed by atoms with van der Waals surface area (Å²) in [4.78, 5) is 22.2. The zero-order chi connectivity index (χ0) is 16.3. The molecule has 116 valence electrons. The van der Waals surface area contributed by atoms with E-state index in [-0.39, 0.29) is 11.3 Å². The number of aromatic nitrogens is 2. The lowest BCUT2D eigenvalue weighted by molar-refractivity contribution is 0.0936. The fourth-order valence-electron chi connectivity index (χ4n) is 1.83. The SMILES string of the molecule is CN(C)c1nccc(-c2ccc(O)c(C(=O)NC(N)N)c2)n1. The van der Waals surface area contributed by atoms with Crippen LogP contribution >= 0.6 is 0 Å². The first kappa shape index (κ1) is 15.7. The van der Waals surface area contributed by atoms with Gasteiger partial charge in [-0.3, -0.25) is 16.3 Å². The van der Waals surface area contributed by atoms with Gasteiger partial charge in [-0.05, 0) is 24.3 Å². The van der Waals surface area contributed by atoms with Crippen molar-refractivity contribution in [2.24, 2.45) is 11.5 Å². The maximum absolute atomic E-state index is 12.0. The Bertz CT molecular complexity index is 687. The number of amides is 1. The van der Waals surface area contributed by atoms with Crippen molar-refractivity contribution in [3.63, 3.8) is 0 Å². The number of anilines is 1. The molecule has 8 heteroatoms. The maximum Gasteiger partial charge on any atom is 0.257 e. The summed E-state index contributed by atoms with van der Waals surface area (Å²) >= 11 is 0. The average molecular weight is 302 g/mol. The highest BCUT2D eigenvalue weighted by Crippen LogP contribution is 2.25. The number of rotatable bonds is 4. The first-order chi connectivity index (χ1) is 10.4. The van der Waals surface area contributed by atoms with E-state index in [1.165, 1.54) is 12.1 Å². The molecule has 0 fully saturated rings. The molecule has 0 spiro atoms. The number of phenols is 1. The van der Waals surface area contributed by atoms with Crippen LogP contribution in [0.4, 0.5) is 5.95 Å². The molecule has 1 amide bonds. The minimum Gasteiger partial charge on any atom is -0.507 e. The Hall–Kier alpha value is -2.71. The Balaban J connectivity index is 2.41. The normalized spacial score (nSPS) is 10.6. The molecule has 0 saturated carbocycles. The summed E-state index contributed by atoms with van der Waals surface area (Å²) in [6.07, 6.45) is 0.620. The molecule has 0 aliphatic carbocycles. The van der Waals surface area contributed by atoms with E-state index in [0.29, 0.717) is 17.2 Å². The van der Waals surface area contributed by atoms with Gasteiger partial charge < -0.3 is 15.3 Å². The molecular weight excluding hydrogens is 284 g/mol. The van der Waals surface area contributed by atoms with E-state index in [1.54, 1.807) is 23.2 Å². The molecule has 2 aromatic rings. The molecule has 1 aromatic heterocycles. The minimum atomic E-state index is -1.00. The van der Waals surface area contributed by atoms with Crippen LogP contribution in [0.3, 0.4) is 0 Å². The first-order valence-corrected chi connectivity index (χ1v) is 6.54. The third-order valence-electron chi connectivity index (χ3n) is 2.88. The van der Waals surface area contributed by atoms with E-state index in [2.05, 4.69) is 15.3 Å². The number of benzene rings is 1. The van der Waals surface area contributed by atoms with Crippen molar-refractivity contribution in [2.45, 2.75) is 6.29 Å². The van der Waals surface area contributed by atoms with Gasteiger partial charge in [0, 0.05) is 25.9 Å². The number of carbonyl (C=O) groups is 1. The van der Waals surface area contributed by atoms with Crippen LogP contribution in [-0.4, -0.2) is 41.4 Å². The van der Waals surface area contributed by atoms with Gasteiger partial charge in [0.25, 0.3) is 5.91 Å². The van der Waals surface area contributed by atoms with Crippen LogP contribution < -0.4 is 21.7 Å². The monoisotopic (exact) mass is 302 g/mol. The summed E-state index contributed by atoms with van der Waals surface area (Å²) in [7, 11) is 3.66. The summed E-state index contributed by atoms with van der Waals surface area (Å²) in [6.45, 7) is 0. The summed E-state index contributed by atoms with van der Waals surface area (Å²) < 4.78 is 0. The van der Waals surface area contributed by atoms with Gasteiger partial charge in [0.2, 0.25) is 5.95 Å². The molecular formula is C14H18N6O2. The van der Waals surface area contributed by atoms with Gasteiger partial charge in [0.15, 0.2) is 0 Å². The molecule has 2 rings (SSSR count). The Morgan fingerprint density at radius 1 is 1.32 bits per heavy atom. The Labute approximate surface area is 127 Å². The quantitative estimate of drug-likeness (QED) is 0.577. The van der Waals surface area contributed by atoms with Crippen molar-refractivity contribution in [3.05, 3.63) is 36.0 Å². The van der Waals surface area contributed by atoms with Gasteiger partial charge in [-0.1, -0.05) is 0 Å². The van der Waals surface area contributed by atoms with Gasteiger partial charge in [-0.15, -0.1) is 0 Å². The molecule has 8 nitrogen and oxygen atoms in total. The summed E-state index contributed by atoms with van der Waals surface area (Å²) in [6, 6.07) is 6.32. The number of carbonyl (C=O) groups excluding carboxylic acids is 1. The van der Waals surface area contributed by atoms with Crippen molar-refractivity contribution in [2.75, 3.05) is 19.0 Å². The second-order valence-corrected chi connectivity index (χ2v) is 4.87. The number of nitrogens with zero attached hydrogens (tertiary/aromatic N) is 3. The van der Waals surface area contributed by atoms with Crippen molar-refractivity contribution < 1.29 is 9.90 Å². The van der Waals surface area contributed by atoms with E-state index in [9.17, 15) is 9.90 Å². The molecule has 0 unspecified atom stereocenters. The van der Waals surface area contributed by atoms with E-state index < -0.39 is 12.2 Å².